The van der Waals surface area contributed by atoms with Crippen LogP contribution in [0, 0.1) is 35.0 Å². The third kappa shape index (κ3) is 4.84. The van der Waals surface area contributed by atoms with Crippen LogP contribution in [0.2, 0.25) is 0 Å². The Morgan fingerprint density at radius 1 is 1.25 bits per heavy atom. The number of nitrogens with zero attached hydrogens (tertiary/aromatic N) is 1. The molecule has 9 heteroatoms. The van der Waals surface area contributed by atoms with Crippen LogP contribution in [0.25, 0.3) is 0 Å². The number of aryl methyl sites for hydroxylation is 1. The van der Waals surface area contributed by atoms with E-state index in [9.17, 15) is 14.9 Å². The molecular formula is C23H31N5O3S. The van der Waals surface area contributed by atoms with E-state index in [1.54, 1.807) is 18.4 Å². The highest BCUT2D eigenvalue weighted by molar-refractivity contribution is 7.17. The summed E-state index contributed by atoms with van der Waals surface area (Å²) in [4.78, 5) is 32.0. The van der Waals surface area contributed by atoms with E-state index in [0.29, 0.717) is 23.0 Å². The number of amides is 2. The van der Waals surface area contributed by atoms with Crippen molar-refractivity contribution in [3.05, 3.63) is 16.0 Å². The highest BCUT2D eigenvalue weighted by Crippen LogP contribution is 2.42. The predicted molar refractivity (Wildman–Crippen MR) is 121 cm³/mol. The zero-order chi connectivity index (χ0) is 22.2. The van der Waals surface area contributed by atoms with Crippen LogP contribution in [0.3, 0.4) is 0 Å². The van der Waals surface area contributed by atoms with E-state index in [0.717, 1.165) is 44.1 Å². The third-order valence-corrected chi connectivity index (χ3v) is 8.22. The molecular weight excluding hydrogens is 426 g/mol. The lowest BCUT2D eigenvalue weighted by molar-refractivity contribution is -0.117. The Kier molecular flexibility index (Phi) is 6.21. The minimum Gasteiger partial charge on any atom is -0.352 e. The molecule has 5 rings (SSSR count). The van der Waals surface area contributed by atoms with Crippen molar-refractivity contribution in [1.29, 1.82) is 5.26 Å². The zero-order valence-electron chi connectivity index (χ0n) is 18.4. The molecule has 3 saturated carbocycles. The molecule has 1 aromatic heterocycles. The van der Waals surface area contributed by atoms with Crippen molar-refractivity contribution >= 4 is 28.2 Å². The van der Waals surface area contributed by atoms with Crippen LogP contribution in [0.15, 0.2) is 0 Å². The average molecular weight is 458 g/mol. The van der Waals surface area contributed by atoms with E-state index in [1.165, 1.54) is 17.7 Å². The first-order chi connectivity index (χ1) is 15.6. The van der Waals surface area contributed by atoms with E-state index in [-0.39, 0.29) is 41.8 Å². The van der Waals surface area contributed by atoms with Gasteiger partial charge in [0.25, 0.3) is 5.91 Å². The molecule has 4 atom stereocenters. The maximum atomic E-state index is 13.2. The fraction of sp³-hybridized carbons (Fsp3) is 0.696. The molecule has 0 aliphatic heterocycles. The molecule has 32 heavy (non-hydrogen) atoms. The van der Waals surface area contributed by atoms with Crippen molar-refractivity contribution < 1.29 is 14.4 Å². The standard InChI is InChI=1S/C23H31N5O3S/c1-31-28-20(16-8-14(16)10-24)26-15-6-7-18-17(9-15)19(22(30)25-11-12-2-3-12)23(32-18)27-21(29)13-4-5-13/h12-16,20,26,28H,2-9,11H2,1H3,(H,25,30)(H,27,29)/t14?,15?,16-,20?/m0/s1. The SMILES string of the molecule is CONC(NC1CCc2sc(NC(=O)C3CC3)c(C(=O)NCC3CC3)c2C1)[C@H]1CC1C#N. The van der Waals surface area contributed by atoms with Crippen LogP contribution in [-0.2, 0) is 22.5 Å². The van der Waals surface area contributed by atoms with E-state index in [1.807, 2.05) is 0 Å². The number of nitriles is 1. The number of anilines is 1. The zero-order valence-corrected chi connectivity index (χ0v) is 19.2. The second kappa shape index (κ2) is 9.10. The highest BCUT2D eigenvalue weighted by Gasteiger charge is 2.44. The van der Waals surface area contributed by atoms with Crippen LogP contribution < -0.4 is 21.4 Å². The minimum atomic E-state index is -0.0870. The summed E-state index contributed by atoms with van der Waals surface area (Å²) in [7, 11) is 1.59. The first kappa shape index (κ1) is 21.8. The number of rotatable bonds is 10. The quantitative estimate of drug-likeness (QED) is 0.317. The summed E-state index contributed by atoms with van der Waals surface area (Å²) in [6.07, 6.45) is 7.54. The number of fused-ring (bicyclic) bond motifs is 1. The second-order valence-corrected chi connectivity index (χ2v) is 10.8. The first-order valence-corrected chi connectivity index (χ1v) is 12.6. The van der Waals surface area contributed by atoms with Gasteiger partial charge in [0, 0.05) is 29.3 Å². The monoisotopic (exact) mass is 457 g/mol. The van der Waals surface area contributed by atoms with Crippen LogP contribution in [-0.4, -0.2) is 37.7 Å². The fourth-order valence-electron chi connectivity index (χ4n) is 4.62. The van der Waals surface area contributed by atoms with Crippen LogP contribution in [0.4, 0.5) is 5.00 Å². The van der Waals surface area contributed by atoms with Crippen molar-refractivity contribution in [2.24, 2.45) is 23.7 Å². The Bertz CT molecular complexity index is 933. The van der Waals surface area contributed by atoms with Gasteiger partial charge in [-0.1, -0.05) is 0 Å². The summed E-state index contributed by atoms with van der Waals surface area (Å²) in [5, 5.41) is 19.7. The lowest BCUT2D eigenvalue weighted by atomic mass is 9.90. The summed E-state index contributed by atoms with van der Waals surface area (Å²) in [5.74, 6) is 0.954. The third-order valence-electron chi connectivity index (χ3n) is 7.02. The molecule has 4 N–H and O–H groups in total. The molecule has 1 heterocycles. The number of thiophene rings is 1. The summed E-state index contributed by atoms with van der Waals surface area (Å²) in [5.41, 5.74) is 4.73. The van der Waals surface area contributed by atoms with Gasteiger partial charge in [-0.25, -0.2) is 0 Å². The van der Waals surface area contributed by atoms with Gasteiger partial charge >= 0.3 is 0 Å². The molecule has 0 radical (unpaired) electrons. The number of hydrogen-bond acceptors (Lipinski definition) is 7. The first-order valence-electron chi connectivity index (χ1n) is 11.7. The molecule has 0 aromatic carbocycles. The van der Waals surface area contributed by atoms with Gasteiger partial charge in [-0.2, -0.15) is 10.7 Å². The Morgan fingerprint density at radius 3 is 2.72 bits per heavy atom. The van der Waals surface area contributed by atoms with Crippen molar-refractivity contribution in [3.8, 4) is 6.07 Å². The van der Waals surface area contributed by atoms with Gasteiger partial charge < -0.3 is 15.5 Å². The van der Waals surface area contributed by atoms with Crippen molar-refractivity contribution in [2.75, 3.05) is 19.0 Å². The molecule has 1 aromatic rings. The van der Waals surface area contributed by atoms with Gasteiger partial charge in [-0.15, -0.1) is 11.3 Å². The molecule has 8 nitrogen and oxygen atoms in total. The van der Waals surface area contributed by atoms with Gasteiger partial charge in [-0.05, 0) is 62.8 Å². The summed E-state index contributed by atoms with van der Waals surface area (Å²) in [6.45, 7) is 0.707. The predicted octanol–water partition coefficient (Wildman–Crippen LogP) is 2.32. The van der Waals surface area contributed by atoms with Gasteiger partial charge in [0.2, 0.25) is 5.91 Å². The summed E-state index contributed by atoms with van der Waals surface area (Å²) >= 11 is 1.56. The summed E-state index contributed by atoms with van der Waals surface area (Å²) in [6, 6.07) is 2.51. The molecule has 0 bridgehead atoms. The van der Waals surface area contributed by atoms with Crippen molar-refractivity contribution in [3.63, 3.8) is 0 Å². The van der Waals surface area contributed by atoms with Crippen LogP contribution in [0.5, 0.6) is 0 Å². The maximum Gasteiger partial charge on any atom is 0.254 e. The molecule has 2 amide bonds. The van der Waals surface area contributed by atoms with E-state index in [4.69, 9.17) is 4.84 Å². The molecule has 4 aliphatic rings. The minimum absolute atomic E-state index is 0.0372. The number of carbonyl (C=O) groups is 2. The topological polar surface area (TPSA) is 115 Å². The van der Waals surface area contributed by atoms with E-state index < -0.39 is 0 Å². The fourth-order valence-corrected chi connectivity index (χ4v) is 5.86. The molecule has 0 spiro atoms. The second-order valence-electron chi connectivity index (χ2n) is 9.67. The van der Waals surface area contributed by atoms with E-state index in [2.05, 4.69) is 27.5 Å². The van der Waals surface area contributed by atoms with E-state index >= 15 is 0 Å². The maximum absolute atomic E-state index is 13.2. The van der Waals surface area contributed by atoms with Crippen molar-refractivity contribution in [2.45, 2.75) is 63.6 Å². The van der Waals surface area contributed by atoms with Gasteiger partial charge in [0.15, 0.2) is 0 Å². The van der Waals surface area contributed by atoms with Gasteiger partial charge in [-0.3, -0.25) is 14.9 Å². The Morgan fingerprint density at radius 2 is 2.06 bits per heavy atom. The van der Waals surface area contributed by atoms with Crippen molar-refractivity contribution in [1.82, 2.24) is 16.1 Å². The number of nitrogens with one attached hydrogen (secondary N) is 4. The number of hydroxylamine groups is 1. The normalized spacial score (nSPS) is 27.2. The lowest BCUT2D eigenvalue weighted by Crippen LogP contribution is -2.50. The molecule has 3 unspecified atom stereocenters. The Labute approximate surface area is 192 Å². The number of carbonyl (C=O) groups excluding carboxylic acids is 2. The Balaban J connectivity index is 1.33. The largest absolute Gasteiger partial charge is 0.352 e. The van der Waals surface area contributed by atoms with Crippen LogP contribution in [0.1, 0.15) is 59.3 Å². The molecule has 3 fully saturated rings. The van der Waals surface area contributed by atoms with Gasteiger partial charge in [0.05, 0.1) is 30.8 Å². The molecule has 172 valence electrons. The Hall–Kier alpha value is -1.99. The van der Waals surface area contributed by atoms with Gasteiger partial charge in [0.1, 0.15) is 5.00 Å². The smallest absolute Gasteiger partial charge is 0.254 e. The van der Waals surface area contributed by atoms with Crippen LogP contribution >= 0.6 is 11.3 Å². The highest BCUT2D eigenvalue weighted by atomic mass is 32.1. The average Bonchev–Trinajstić information content (AvgIpc) is 3.66. The molecule has 0 saturated heterocycles. The summed E-state index contributed by atoms with van der Waals surface area (Å²) < 4.78 is 0. The number of hydrogen-bond donors (Lipinski definition) is 4. The molecule has 4 aliphatic carbocycles. The lowest BCUT2D eigenvalue weighted by Gasteiger charge is -2.29.